The van der Waals surface area contributed by atoms with E-state index in [2.05, 4.69) is 15.9 Å². The lowest BCUT2D eigenvalue weighted by molar-refractivity contribution is -0.0962. The van der Waals surface area contributed by atoms with E-state index in [0.29, 0.717) is 21.2 Å². The molecule has 0 spiro atoms. The van der Waals surface area contributed by atoms with Gasteiger partial charge in [-0.3, -0.25) is 0 Å². The molecular weight excluding hydrogens is 419 g/mol. The van der Waals surface area contributed by atoms with Crippen molar-refractivity contribution >= 4 is 45.1 Å². The highest BCUT2D eigenvalue weighted by atomic mass is 79.9. The van der Waals surface area contributed by atoms with Crippen LogP contribution in [-0.2, 0) is 18.9 Å². The van der Waals surface area contributed by atoms with Gasteiger partial charge in [0.25, 0.3) is 4.70 Å². The summed E-state index contributed by atoms with van der Waals surface area (Å²) in [5, 5.41) is 0.937. The summed E-state index contributed by atoms with van der Waals surface area (Å²) in [5.74, 6) is -0.407. The van der Waals surface area contributed by atoms with Crippen molar-refractivity contribution in [3.63, 3.8) is 0 Å². The van der Waals surface area contributed by atoms with Crippen LogP contribution in [0.1, 0.15) is 15.9 Å². The van der Waals surface area contributed by atoms with Crippen LogP contribution in [0.2, 0.25) is 10.0 Å². The summed E-state index contributed by atoms with van der Waals surface area (Å²) in [5.41, 5.74) is 1.09. The molecule has 0 N–H and O–H groups in total. The Kier molecular flexibility index (Phi) is 5.47. The normalized spacial score (nSPS) is 23.2. The van der Waals surface area contributed by atoms with Crippen molar-refractivity contribution in [2.45, 2.75) is 10.8 Å². The van der Waals surface area contributed by atoms with Crippen molar-refractivity contribution in [2.75, 3.05) is 13.2 Å². The molecule has 126 valence electrons. The first-order valence-electron chi connectivity index (χ1n) is 7.16. The summed E-state index contributed by atoms with van der Waals surface area (Å²) < 4.78 is 15.6. The third kappa shape index (κ3) is 3.92. The van der Waals surface area contributed by atoms with Crippen LogP contribution >= 0.6 is 39.1 Å². The predicted octanol–water partition coefficient (Wildman–Crippen LogP) is 4.77. The Balaban J connectivity index is 1.62. The molecule has 2 atom stereocenters. The summed E-state index contributed by atoms with van der Waals surface area (Å²) in [6, 6.07) is 13.8. The Hall–Kier alpha value is -1.11. The molecule has 0 saturated carbocycles. The lowest BCUT2D eigenvalue weighted by Gasteiger charge is -2.22. The Labute approximate surface area is 157 Å². The molecule has 1 fully saturated rings. The maximum atomic E-state index is 12.0. The predicted molar refractivity (Wildman–Crippen MR) is 94.6 cm³/mol. The first-order chi connectivity index (χ1) is 11.5. The number of carbonyl (C=O) groups is 1. The minimum absolute atomic E-state index is 0.0757. The second-order valence-corrected chi connectivity index (χ2v) is 7.06. The molecule has 1 aliphatic rings. The second-order valence-electron chi connectivity index (χ2n) is 5.18. The average Bonchev–Trinajstić information content (AvgIpc) is 2.95. The molecule has 7 heteroatoms. The van der Waals surface area contributed by atoms with Crippen molar-refractivity contribution in [3.8, 4) is 0 Å². The van der Waals surface area contributed by atoms with E-state index in [9.17, 15) is 4.79 Å². The van der Waals surface area contributed by atoms with Crippen LogP contribution in [0.4, 0.5) is 0 Å². The molecule has 0 unspecified atom stereocenters. The third-order valence-electron chi connectivity index (χ3n) is 3.44. The molecule has 0 aromatic heterocycles. The Morgan fingerprint density at radius 1 is 1.25 bits per heavy atom. The van der Waals surface area contributed by atoms with Crippen molar-refractivity contribution < 1.29 is 19.0 Å². The van der Waals surface area contributed by atoms with E-state index in [-0.39, 0.29) is 13.2 Å². The fourth-order valence-electron chi connectivity index (χ4n) is 2.26. The van der Waals surface area contributed by atoms with Gasteiger partial charge in [-0.05, 0) is 46.3 Å². The zero-order valence-electron chi connectivity index (χ0n) is 12.4. The highest BCUT2D eigenvalue weighted by Crippen LogP contribution is 2.43. The Morgan fingerprint density at radius 3 is 2.71 bits per heavy atom. The van der Waals surface area contributed by atoms with E-state index in [4.69, 9.17) is 37.4 Å². The third-order valence-corrected chi connectivity index (χ3v) is 4.83. The molecule has 2 aromatic carbocycles. The van der Waals surface area contributed by atoms with E-state index in [1.54, 1.807) is 42.5 Å². The van der Waals surface area contributed by atoms with Gasteiger partial charge in [0.1, 0.15) is 12.7 Å². The Bertz CT molecular complexity index is 741. The maximum absolute atomic E-state index is 12.0. The van der Waals surface area contributed by atoms with Gasteiger partial charge in [0.05, 0.1) is 17.2 Å². The highest BCUT2D eigenvalue weighted by Gasteiger charge is 2.43. The topological polar surface area (TPSA) is 44.8 Å². The van der Waals surface area contributed by atoms with Gasteiger partial charge in [0.2, 0.25) is 0 Å². The van der Waals surface area contributed by atoms with Gasteiger partial charge < -0.3 is 14.2 Å². The zero-order valence-corrected chi connectivity index (χ0v) is 15.5. The fraction of sp³-hybridized carbons (Fsp3) is 0.235. The maximum Gasteiger partial charge on any atom is 0.338 e. The van der Waals surface area contributed by atoms with Gasteiger partial charge in [0.15, 0.2) is 0 Å². The lowest BCUT2D eigenvalue weighted by atomic mass is 10.2. The van der Waals surface area contributed by atoms with Crippen LogP contribution < -0.4 is 0 Å². The van der Waals surface area contributed by atoms with Crippen LogP contribution in [-0.4, -0.2) is 25.3 Å². The van der Waals surface area contributed by atoms with Crippen molar-refractivity contribution in [1.82, 2.24) is 0 Å². The second kappa shape index (κ2) is 7.42. The molecule has 1 heterocycles. The lowest BCUT2D eigenvalue weighted by Crippen LogP contribution is -2.24. The molecule has 3 rings (SSSR count). The molecule has 1 saturated heterocycles. The van der Waals surface area contributed by atoms with Gasteiger partial charge >= 0.3 is 5.97 Å². The van der Waals surface area contributed by atoms with Gasteiger partial charge in [-0.1, -0.05) is 41.4 Å². The number of esters is 1. The highest BCUT2D eigenvalue weighted by molar-refractivity contribution is 9.09. The summed E-state index contributed by atoms with van der Waals surface area (Å²) in [6.07, 6.45) is -0.413. The average molecular weight is 432 g/mol. The smallest absolute Gasteiger partial charge is 0.338 e. The van der Waals surface area contributed by atoms with Crippen molar-refractivity contribution in [1.29, 1.82) is 0 Å². The van der Waals surface area contributed by atoms with Crippen molar-refractivity contribution in [2.24, 2.45) is 0 Å². The summed E-state index contributed by atoms with van der Waals surface area (Å²) >= 11 is 15.5. The van der Waals surface area contributed by atoms with Crippen LogP contribution in [0.5, 0.6) is 0 Å². The molecule has 0 amide bonds. The largest absolute Gasteiger partial charge is 0.459 e. The molecule has 2 aromatic rings. The molecule has 0 radical (unpaired) electrons. The molecule has 0 bridgehead atoms. The van der Waals surface area contributed by atoms with Crippen LogP contribution in [0.15, 0.2) is 48.5 Å². The van der Waals surface area contributed by atoms with Gasteiger partial charge in [-0.15, -0.1) is 0 Å². The van der Waals surface area contributed by atoms with E-state index >= 15 is 0 Å². The number of hydrogen-bond acceptors (Lipinski definition) is 4. The summed E-state index contributed by atoms with van der Waals surface area (Å²) in [4.78, 5) is 12.0. The fourth-order valence-corrected chi connectivity index (χ4v) is 3.65. The quantitative estimate of drug-likeness (QED) is 0.516. The Morgan fingerprint density at radius 2 is 2.00 bits per heavy atom. The minimum Gasteiger partial charge on any atom is -0.459 e. The monoisotopic (exact) mass is 430 g/mol. The molecule has 1 aliphatic heterocycles. The van der Waals surface area contributed by atoms with E-state index in [1.807, 2.05) is 6.07 Å². The van der Waals surface area contributed by atoms with Crippen LogP contribution in [0, 0.1) is 0 Å². The van der Waals surface area contributed by atoms with Gasteiger partial charge in [0, 0.05) is 10.6 Å². The first kappa shape index (κ1) is 17.7. The number of alkyl halides is 1. The molecule has 24 heavy (non-hydrogen) atoms. The first-order valence-corrected chi connectivity index (χ1v) is 8.71. The number of carbonyl (C=O) groups excluding carboxylic acids is 1. The van der Waals surface area contributed by atoms with Gasteiger partial charge in [-0.2, -0.15) is 0 Å². The minimum atomic E-state index is -1.18. The summed E-state index contributed by atoms with van der Waals surface area (Å²) in [6.45, 7) is 0.332. The number of benzene rings is 2. The molecular formula is C17H13BrCl2O4. The van der Waals surface area contributed by atoms with Crippen LogP contribution in [0.25, 0.3) is 0 Å². The summed E-state index contributed by atoms with van der Waals surface area (Å²) in [7, 11) is 0. The van der Waals surface area contributed by atoms with E-state index in [1.165, 1.54) is 0 Å². The van der Waals surface area contributed by atoms with Crippen LogP contribution in [0.3, 0.4) is 0 Å². The standard InChI is InChI=1S/C17H13BrCl2O4/c18-17(14-7-6-12(19)8-15(14)20)23-10-13(24-17)9-22-16(21)11-4-2-1-3-5-11/h1-8,13H,9-10H2/t13-,17+/m0/s1. The molecule has 4 nitrogen and oxygen atoms in total. The number of hydrogen-bond donors (Lipinski definition) is 0. The van der Waals surface area contributed by atoms with E-state index < -0.39 is 16.8 Å². The number of rotatable bonds is 4. The molecule has 0 aliphatic carbocycles. The van der Waals surface area contributed by atoms with E-state index in [0.717, 1.165) is 0 Å². The van der Waals surface area contributed by atoms with Crippen molar-refractivity contribution in [3.05, 3.63) is 69.7 Å². The number of halogens is 3. The number of ether oxygens (including phenoxy) is 3. The van der Waals surface area contributed by atoms with Gasteiger partial charge in [-0.25, -0.2) is 4.79 Å². The SMILES string of the molecule is O=C(OC[C@H]1CO[C@](Br)(c2ccc(Cl)cc2Cl)O1)c1ccccc1. The zero-order chi connectivity index (χ0) is 17.2.